The number of hydrogen-bond donors (Lipinski definition) is 2. The summed E-state index contributed by atoms with van der Waals surface area (Å²) in [6.07, 6.45) is 0. The molecule has 1 atom stereocenters. The molecule has 0 aromatic heterocycles. The van der Waals surface area contributed by atoms with Gasteiger partial charge in [-0.3, -0.25) is 4.79 Å². The molecule has 0 saturated heterocycles. The molecule has 1 aliphatic rings. The van der Waals surface area contributed by atoms with E-state index in [1.165, 1.54) is 6.92 Å². The third-order valence-corrected chi connectivity index (χ3v) is 3.76. The first-order valence-corrected chi connectivity index (χ1v) is 7.61. The molecule has 120 valence electrons. The molecule has 3 rings (SSSR count). The summed E-state index contributed by atoms with van der Waals surface area (Å²) in [6, 6.07) is 14.0. The fourth-order valence-corrected chi connectivity index (χ4v) is 2.53. The summed E-state index contributed by atoms with van der Waals surface area (Å²) in [4.78, 5) is 11.1. The molecular formula is C18H20N2O3. The standard InChI is InChI=1S/C18H20N2O3/c1-12(15-4-3-5-16(9-15)20-13(2)21)19-10-14-6-7-17-18(8-14)23-11-22-17/h3-9,12,19H,10-11H2,1-2H3,(H,20,21). The summed E-state index contributed by atoms with van der Waals surface area (Å²) in [6.45, 7) is 4.62. The van der Waals surface area contributed by atoms with Gasteiger partial charge >= 0.3 is 0 Å². The zero-order valence-electron chi connectivity index (χ0n) is 13.3. The van der Waals surface area contributed by atoms with Crippen molar-refractivity contribution in [2.24, 2.45) is 0 Å². The second-order valence-electron chi connectivity index (χ2n) is 5.60. The fourth-order valence-electron chi connectivity index (χ4n) is 2.53. The van der Waals surface area contributed by atoms with Gasteiger partial charge in [-0.25, -0.2) is 0 Å². The highest BCUT2D eigenvalue weighted by atomic mass is 16.7. The fraction of sp³-hybridized carbons (Fsp3) is 0.278. The molecule has 0 bridgehead atoms. The Bertz CT molecular complexity index is 715. The quantitative estimate of drug-likeness (QED) is 0.890. The molecule has 23 heavy (non-hydrogen) atoms. The number of rotatable bonds is 5. The number of benzene rings is 2. The second-order valence-corrected chi connectivity index (χ2v) is 5.60. The summed E-state index contributed by atoms with van der Waals surface area (Å²) in [5, 5.41) is 6.28. The van der Waals surface area contributed by atoms with E-state index in [1.807, 2.05) is 42.5 Å². The normalized spacial score (nSPS) is 13.7. The van der Waals surface area contributed by atoms with Gasteiger partial charge in [0.2, 0.25) is 12.7 Å². The number of hydrogen-bond acceptors (Lipinski definition) is 4. The lowest BCUT2D eigenvalue weighted by Gasteiger charge is -2.15. The average Bonchev–Trinajstić information content (AvgIpc) is 3.00. The van der Waals surface area contributed by atoms with Crippen molar-refractivity contribution in [2.75, 3.05) is 12.1 Å². The number of fused-ring (bicyclic) bond motifs is 1. The Morgan fingerprint density at radius 1 is 1.17 bits per heavy atom. The van der Waals surface area contributed by atoms with Gasteiger partial charge in [0.15, 0.2) is 11.5 Å². The third kappa shape index (κ3) is 3.81. The highest BCUT2D eigenvalue weighted by molar-refractivity contribution is 5.88. The summed E-state index contributed by atoms with van der Waals surface area (Å²) < 4.78 is 10.7. The molecule has 1 amide bonds. The maximum Gasteiger partial charge on any atom is 0.231 e. The maximum atomic E-state index is 11.1. The number of carbonyl (C=O) groups is 1. The van der Waals surface area contributed by atoms with Gasteiger partial charge in [0.1, 0.15) is 0 Å². The largest absolute Gasteiger partial charge is 0.454 e. The second kappa shape index (κ2) is 6.71. The molecule has 1 unspecified atom stereocenters. The van der Waals surface area contributed by atoms with E-state index in [0.29, 0.717) is 6.79 Å². The number of amides is 1. The van der Waals surface area contributed by atoms with Crippen LogP contribution in [0.4, 0.5) is 5.69 Å². The number of ether oxygens (including phenoxy) is 2. The van der Waals surface area contributed by atoms with Crippen LogP contribution in [-0.4, -0.2) is 12.7 Å². The average molecular weight is 312 g/mol. The molecule has 1 aliphatic heterocycles. The Balaban J connectivity index is 1.63. The molecule has 0 aliphatic carbocycles. The molecule has 0 spiro atoms. The highest BCUT2D eigenvalue weighted by Gasteiger charge is 2.13. The first-order valence-electron chi connectivity index (χ1n) is 7.61. The molecule has 1 heterocycles. The van der Waals surface area contributed by atoms with E-state index in [4.69, 9.17) is 9.47 Å². The van der Waals surface area contributed by atoms with E-state index >= 15 is 0 Å². The molecule has 0 fully saturated rings. The van der Waals surface area contributed by atoms with Crippen LogP contribution in [0.1, 0.15) is 31.0 Å². The van der Waals surface area contributed by atoms with Gasteiger partial charge in [-0.05, 0) is 42.3 Å². The Labute approximate surface area is 135 Å². The molecule has 2 N–H and O–H groups in total. The Morgan fingerprint density at radius 2 is 2.00 bits per heavy atom. The number of anilines is 1. The summed E-state index contributed by atoms with van der Waals surface area (Å²) in [5.41, 5.74) is 3.07. The lowest BCUT2D eigenvalue weighted by Crippen LogP contribution is -2.18. The predicted octanol–water partition coefficient (Wildman–Crippen LogP) is 3.22. The molecule has 0 saturated carbocycles. The Morgan fingerprint density at radius 3 is 2.83 bits per heavy atom. The Hall–Kier alpha value is -2.53. The topological polar surface area (TPSA) is 59.6 Å². The molecule has 5 heteroatoms. The van der Waals surface area contributed by atoms with E-state index < -0.39 is 0 Å². The van der Waals surface area contributed by atoms with Crippen LogP contribution in [0, 0.1) is 0 Å². The van der Waals surface area contributed by atoms with E-state index in [-0.39, 0.29) is 11.9 Å². The lowest BCUT2D eigenvalue weighted by atomic mass is 10.1. The van der Waals surface area contributed by atoms with Gasteiger partial charge in [-0.2, -0.15) is 0 Å². The highest BCUT2D eigenvalue weighted by Crippen LogP contribution is 2.32. The van der Waals surface area contributed by atoms with Crippen LogP contribution in [0.3, 0.4) is 0 Å². The first-order chi connectivity index (χ1) is 11.1. The molecule has 2 aromatic carbocycles. The zero-order valence-corrected chi connectivity index (χ0v) is 13.3. The maximum absolute atomic E-state index is 11.1. The smallest absolute Gasteiger partial charge is 0.231 e. The van der Waals surface area contributed by atoms with Crippen LogP contribution in [0.25, 0.3) is 0 Å². The van der Waals surface area contributed by atoms with Crippen LogP contribution in [-0.2, 0) is 11.3 Å². The van der Waals surface area contributed by atoms with Crippen molar-refractivity contribution < 1.29 is 14.3 Å². The van der Waals surface area contributed by atoms with Crippen molar-refractivity contribution in [1.29, 1.82) is 0 Å². The van der Waals surface area contributed by atoms with Crippen LogP contribution in [0.5, 0.6) is 11.5 Å². The van der Waals surface area contributed by atoms with Crippen molar-refractivity contribution in [3.05, 3.63) is 53.6 Å². The van der Waals surface area contributed by atoms with Crippen molar-refractivity contribution in [3.8, 4) is 11.5 Å². The zero-order chi connectivity index (χ0) is 16.2. The van der Waals surface area contributed by atoms with Crippen LogP contribution in [0.2, 0.25) is 0 Å². The van der Waals surface area contributed by atoms with E-state index in [2.05, 4.69) is 17.6 Å². The first kappa shape index (κ1) is 15.4. The number of nitrogens with one attached hydrogen (secondary N) is 2. The summed E-state index contributed by atoms with van der Waals surface area (Å²) in [5.74, 6) is 1.53. The van der Waals surface area contributed by atoms with Crippen molar-refractivity contribution in [1.82, 2.24) is 5.32 Å². The minimum absolute atomic E-state index is 0.0666. The molecule has 2 aromatic rings. The van der Waals surface area contributed by atoms with E-state index in [9.17, 15) is 4.79 Å². The third-order valence-electron chi connectivity index (χ3n) is 3.76. The molecule has 0 radical (unpaired) electrons. The van der Waals surface area contributed by atoms with Crippen molar-refractivity contribution >= 4 is 11.6 Å². The summed E-state index contributed by atoms with van der Waals surface area (Å²) in [7, 11) is 0. The van der Waals surface area contributed by atoms with Gasteiger partial charge in [-0.1, -0.05) is 18.2 Å². The minimum atomic E-state index is -0.0666. The van der Waals surface area contributed by atoms with Gasteiger partial charge in [0, 0.05) is 25.2 Å². The van der Waals surface area contributed by atoms with Gasteiger partial charge in [0.25, 0.3) is 0 Å². The molecule has 5 nitrogen and oxygen atoms in total. The minimum Gasteiger partial charge on any atom is -0.454 e. The van der Waals surface area contributed by atoms with Crippen molar-refractivity contribution in [2.45, 2.75) is 26.4 Å². The summed E-state index contributed by atoms with van der Waals surface area (Å²) >= 11 is 0. The predicted molar refractivity (Wildman–Crippen MR) is 88.6 cm³/mol. The lowest BCUT2D eigenvalue weighted by molar-refractivity contribution is -0.114. The molecular weight excluding hydrogens is 292 g/mol. The van der Waals surface area contributed by atoms with E-state index in [1.54, 1.807) is 0 Å². The van der Waals surface area contributed by atoms with Crippen LogP contribution in [0.15, 0.2) is 42.5 Å². The Kier molecular flexibility index (Phi) is 4.48. The SMILES string of the molecule is CC(=O)Nc1cccc(C(C)NCc2ccc3c(c2)OCO3)c1. The monoisotopic (exact) mass is 312 g/mol. The van der Waals surface area contributed by atoms with Gasteiger partial charge < -0.3 is 20.1 Å². The van der Waals surface area contributed by atoms with Crippen molar-refractivity contribution in [3.63, 3.8) is 0 Å². The number of carbonyl (C=O) groups excluding carboxylic acids is 1. The van der Waals surface area contributed by atoms with E-state index in [0.717, 1.165) is 34.9 Å². The van der Waals surface area contributed by atoms with Crippen LogP contribution >= 0.6 is 0 Å². The van der Waals surface area contributed by atoms with Gasteiger partial charge in [0.05, 0.1) is 0 Å². The van der Waals surface area contributed by atoms with Gasteiger partial charge in [-0.15, -0.1) is 0 Å². The van der Waals surface area contributed by atoms with Crippen LogP contribution < -0.4 is 20.1 Å².